The Balaban J connectivity index is 4.09. The van der Waals surface area contributed by atoms with Crippen LogP contribution in [0.4, 0.5) is 0 Å². The summed E-state index contributed by atoms with van der Waals surface area (Å²) in [6.07, 6.45) is 1.24. The van der Waals surface area contributed by atoms with Gasteiger partial charge in [0.15, 0.2) is 0 Å². The van der Waals surface area contributed by atoms with Gasteiger partial charge in [-0.25, -0.2) is 0 Å². The van der Waals surface area contributed by atoms with E-state index in [0.29, 0.717) is 0 Å². The maximum Gasteiger partial charge on any atom is 0.0999 e. The molecule has 80 valence electrons. The molecule has 0 radical (unpaired) electrons. The first-order valence-corrected chi connectivity index (χ1v) is 8.21. The Hall–Kier alpha value is 0.0969. The summed E-state index contributed by atoms with van der Waals surface area (Å²) >= 11 is 0. The Morgan fingerprint density at radius 2 is 1.77 bits per heavy atom. The fraction of sp³-hybridized carbons (Fsp3) is 1.00. The highest BCUT2D eigenvalue weighted by Crippen LogP contribution is 2.19. The Kier molecular flexibility index (Phi) is 5.79. The number of aliphatic hydroxyl groups is 3. The Bertz CT molecular complexity index is 139. The van der Waals surface area contributed by atoms with E-state index in [-0.39, 0.29) is 6.61 Å². The molecule has 0 saturated heterocycles. The lowest BCUT2D eigenvalue weighted by Crippen LogP contribution is -2.50. The molecule has 0 heterocycles. The summed E-state index contributed by atoms with van der Waals surface area (Å²) < 4.78 is 0. The lowest BCUT2D eigenvalue weighted by atomic mass is 10.4. The largest absolute Gasteiger partial charge is 0.394 e. The molecule has 0 fully saturated rings. The molecule has 0 amide bonds. The fourth-order valence-electron chi connectivity index (χ4n) is 1.40. The van der Waals surface area contributed by atoms with Gasteiger partial charge in [-0.3, -0.25) is 0 Å². The van der Waals surface area contributed by atoms with Crippen molar-refractivity contribution in [3.63, 3.8) is 0 Å². The molecular weight excluding hydrogens is 184 g/mol. The molecule has 0 bridgehead atoms. The highest BCUT2D eigenvalue weighted by molar-refractivity contribution is 6.78. The summed E-state index contributed by atoms with van der Waals surface area (Å²) in [5.74, 6) is 0. The molecule has 0 aliphatic rings. The van der Waals surface area contributed by atoms with Gasteiger partial charge in [0, 0.05) is 0 Å². The van der Waals surface area contributed by atoms with E-state index in [1.807, 2.05) is 13.1 Å². The summed E-state index contributed by atoms with van der Waals surface area (Å²) in [6, 6.07) is 1.00. The van der Waals surface area contributed by atoms with Crippen molar-refractivity contribution >= 4 is 8.07 Å². The lowest BCUT2D eigenvalue weighted by Gasteiger charge is -2.31. The summed E-state index contributed by atoms with van der Waals surface area (Å²) in [4.78, 5) is 0. The van der Waals surface area contributed by atoms with Gasteiger partial charge in [0.1, 0.15) is 0 Å². The average Bonchev–Trinajstić information content (AvgIpc) is 2.12. The molecule has 2 atom stereocenters. The van der Waals surface area contributed by atoms with Crippen LogP contribution in [0, 0.1) is 0 Å². The van der Waals surface area contributed by atoms with Gasteiger partial charge < -0.3 is 15.3 Å². The van der Waals surface area contributed by atoms with Gasteiger partial charge >= 0.3 is 0 Å². The number of aliphatic hydroxyl groups excluding tert-OH is 3. The zero-order chi connectivity index (χ0) is 10.5. The molecule has 4 heteroatoms. The molecule has 3 nitrogen and oxygen atoms in total. The van der Waals surface area contributed by atoms with E-state index in [4.69, 9.17) is 5.11 Å². The zero-order valence-corrected chi connectivity index (χ0v) is 9.82. The van der Waals surface area contributed by atoms with Crippen molar-refractivity contribution in [3.8, 4) is 0 Å². The van der Waals surface area contributed by atoms with Crippen LogP contribution in [0.1, 0.15) is 19.8 Å². The summed E-state index contributed by atoms with van der Waals surface area (Å²) in [5, 5.41) is 27.7. The minimum atomic E-state index is -1.77. The van der Waals surface area contributed by atoms with Crippen LogP contribution in [-0.2, 0) is 0 Å². The van der Waals surface area contributed by atoms with Crippen LogP contribution in [-0.4, -0.2) is 41.8 Å². The molecule has 0 aromatic heterocycles. The Labute approximate surface area is 81.4 Å². The number of rotatable bonds is 6. The molecule has 3 N–H and O–H groups in total. The van der Waals surface area contributed by atoms with Crippen molar-refractivity contribution in [1.29, 1.82) is 0 Å². The highest BCUT2D eigenvalue weighted by atomic mass is 28.3. The molecule has 0 aromatic rings. The van der Waals surface area contributed by atoms with Gasteiger partial charge in [-0.15, -0.1) is 0 Å². The van der Waals surface area contributed by atoms with Crippen molar-refractivity contribution < 1.29 is 15.3 Å². The molecule has 13 heavy (non-hydrogen) atoms. The summed E-state index contributed by atoms with van der Waals surface area (Å²) in [5.41, 5.74) is -0.705. The average molecular weight is 206 g/mol. The van der Waals surface area contributed by atoms with Crippen LogP contribution in [0.3, 0.4) is 0 Å². The van der Waals surface area contributed by atoms with Crippen LogP contribution >= 0.6 is 0 Å². The maximum absolute atomic E-state index is 9.72. The monoisotopic (exact) mass is 206 g/mol. The number of hydrogen-bond donors (Lipinski definition) is 3. The zero-order valence-electron chi connectivity index (χ0n) is 8.82. The smallest absolute Gasteiger partial charge is 0.0999 e. The van der Waals surface area contributed by atoms with Crippen LogP contribution < -0.4 is 0 Å². The van der Waals surface area contributed by atoms with E-state index in [9.17, 15) is 10.2 Å². The minimum Gasteiger partial charge on any atom is -0.394 e. The fourth-order valence-corrected chi connectivity index (χ4v) is 4.11. The first-order chi connectivity index (χ1) is 5.95. The van der Waals surface area contributed by atoms with Crippen LogP contribution in [0.2, 0.25) is 19.1 Å². The van der Waals surface area contributed by atoms with Gasteiger partial charge in [0.2, 0.25) is 0 Å². The Morgan fingerprint density at radius 3 is 2.15 bits per heavy atom. The second kappa shape index (κ2) is 5.75. The molecule has 0 aromatic carbocycles. The van der Waals surface area contributed by atoms with Crippen molar-refractivity contribution in [2.45, 2.75) is 50.7 Å². The summed E-state index contributed by atoms with van der Waals surface area (Å²) in [6.45, 7) is 5.86. The number of hydrogen-bond acceptors (Lipinski definition) is 3. The van der Waals surface area contributed by atoms with E-state index in [1.54, 1.807) is 0 Å². The molecule has 2 unspecified atom stereocenters. The lowest BCUT2D eigenvalue weighted by molar-refractivity contribution is 0.0192. The number of unbranched alkanes of at least 4 members (excludes halogenated alkanes) is 1. The van der Waals surface area contributed by atoms with E-state index in [1.165, 1.54) is 0 Å². The van der Waals surface area contributed by atoms with E-state index in [0.717, 1.165) is 18.9 Å². The molecule has 0 spiro atoms. The highest BCUT2D eigenvalue weighted by Gasteiger charge is 2.34. The summed E-state index contributed by atoms with van der Waals surface area (Å²) in [7, 11) is -1.77. The van der Waals surface area contributed by atoms with Crippen molar-refractivity contribution in [2.24, 2.45) is 0 Å². The molecular formula is C9H22O3Si. The van der Waals surface area contributed by atoms with Gasteiger partial charge in [-0.05, 0) is 0 Å². The first-order valence-electron chi connectivity index (χ1n) is 4.92. The van der Waals surface area contributed by atoms with Gasteiger partial charge in [-0.2, -0.15) is 0 Å². The minimum absolute atomic E-state index is 0.344. The van der Waals surface area contributed by atoms with Crippen LogP contribution in [0.25, 0.3) is 0 Å². The van der Waals surface area contributed by atoms with E-state index in [2.05, 4.69) is 6.92 Å². The second-order valence-electron chi connectivity index (χ2n) is 4.29. The van der Waals surface area contributed by atoms with Gasteiger partial charge in [-0.1, -0.05) is 38.9 Å². The molecule has 0 saturated carbocycles. The second-order valence-corrected chi connectivity index (χ2v) is 9.36. The van der Waals surface area contributed by atoms with Crippen molar-refractivity contribution in [3.05, 3.63) is 0 Å². The maximum atomic E-state index is 9.72. The third-order valence-electron chi connectivity index (χ3n) is 2.53. The molecule has 0 aliphatic heterocycles. The van der Waals surface area contributed by atoms with Gasteiger partial charge in [0.05, 0.1) is 26.5 Å². The quantitative estimate of drug-likeness (QED) is 0.562. The normalized spacial score (nSPS) is 17.1. The van der Waals surface area contributed by atoms with Crippen LogP contribution in [0.15, 0.2) is 0 Å². The van der Waals surface area contributed by atoms with Gasteiger partial charge in [0.25, 0.3) is 0 Å². The topological polar surface area (TPSA) is 60.7 Å². The SMILES string of the molecule is CCCC[Si](C)(C)C(O)C(O)CO. The third-order valence-corrected chi connectivity index (χ3v) is 6.16. The first kappa shape index (κ1) is 13.1. The van der Waals surface area contributed by atoms with E-state index < -0.39 is 19.9 Å². The molecule has 0 rings (SSSR count). The third kappa shape index (κ3) is 4.22. The predicted molar refractivity (Wildman–Crippen MR) is 56.3 cm³/mol. The van der Waals surface area contributed by atoms with Crippen LogP contribution in [0.5, 0.6) is 0 Å². The standard InChI is InChI=1S/C9H22O3Si/c1-4-5-6-13(2,3)9(12)8(11)7-10/h8-12H,4-7H2,1-3H3. The Morgan fingerprint density at radius 1 is 1.23 bits per heavy atom. The predicted octanol–water partition coefficient (Wildman–Crippen LogP) is 0.748. The molecule has 0 aliphatic carbocycles. The van der Waals surface area contributed by atoms with Crippen molar-refractivity contribution in [1.82, 2.24) is 0 Å². The van der Waals surface area contributed by atoms with Crippen molar-refractivity contribution in [2.75, 3.05) is 6.61 Å². The van der Waals surface area contributed by atoms with E-state index >= 15 is 0 Å².